The largest absolute Gasteiger partial charge is 0.309 e. The van der Waals surface area contributed by atoms with Gasteiger partial charge in [0.2, 0.25) is 0 Å². The predicted molar refractivity (Wildman–Crippen MR) is 73.1 cm³/mol. The van der Waals surface area contributed by atoms with Crippen molar-refractivity contribution in [2.45, 2.75) is 72.5 Å². The van der Waals surface area contributed by atoms with Crippen molar-refractivity contribution in [3.63, 3.8) is 0 Å². The average Bonchev–Trinajstić information content (AvgIpc) is 2.67. The van der Waals surface area contributed by atoms with E-state index in [9.17, 15) is 0 Å². The van der Waals surface area contributed by atoms with Crippen LogP contribution in [0.3, 0.4) is 0 Å². The van der Waals surface area contributed by atoms with Gasteiger partial charge in [-0.3, -0.25) is 4.68 Å². The van der Waals surface area contributed by atoms with Gasteiger partial charge in [0, 0.05) is 19.1 Å². The number of nitrogens with zero attached hydrogens (tertiary/aromatic N) is 2. The molecule has 1 aromatic heterocycles. The lowest BCUT2D eigenvalue weighted by Crippen LogP contribution is -2.26. The molecule has 0 bridgehead atoms. The van der Waals surface area contributed by atoms with Crippen LogP contribution in [0.5, 0.6) is 0 Å². The zero-order valence-electron chi connectivity index (χ0n) is 11.8. The lowest BCUT2D eigenvalue weighted by atomic mass is 10.1. The van der Waals surface area contributed by atoms with E-state index in [1.54, 1.807) is 0 Å². The normalized spacial score (nSPS) is 12.9. The minimum Gasteiger partial charge on any atom is -0.309 e. The molecule has 1 aromatic rings. The van der Waals surface area contributed by atoms with Crippen LogP contribution in [0.25, 0.3) is 0 Å². The minimum atomic E-state index is 0.599. The maximum atomic E-state index is 4.46. The topological polar surface area (TPSA) is 29.9 Å². The van der Waals surface area contributed by atoms with Crippen molar-refractivity contribution in [3.05, 3.63) is 17.5 Å². The molecule has 1 rings (SSSR count). The molecule has 0 radical (unpaired) electrons. The van der Waals surface area contributed by atoms with Crippen LogP contribution in [0.2, 0.25) is 0 Å². The second-order valence-electron chi connectivity index (χ2n) is 4.87. The molecule has 3 nitrogen and oxygen atoms in total. The minimum absolute atomic E-state index is 0.599. The number of rotatable bonds is 8. The number of aromatic nitrogens is 2. The first-order valence-corrected chi connectivity index (χ1v) is 6.94. The highest BCUT2D eigenvalue weighted by atomic mass is 15.3. The Balaban J connectivity index is 2.33. The fourth-order valence-electron chi connectivity index (χ4n) is 2.10. The van der Waals surface area contributed by atoms with Crippen molar-refractivity contribution in [1.82, 2.24) is 15.1 Å². The summed E-state index contributed by atoms with van der Waals surface area (Å²) in [6, 6.07) is 2.77. The Morgan fingerprint density at radius 1 is 1.35 bits per heavy atom. The highest BCUT2D eigenvalue weighted by molar-refractivity contribution is 5.08. The van der Waals surface area contributed by atoms with Gasteiger partial charge in [-0.15, -0.1) is 0 Å². The molecule has 1 N–H and O–H groups in total. The van der Waals surface area contributed by atoms with Gasteiger partial charge >= 0.3 is 0 Å². The first-order valence-electron chi connectivity index (χ1n) is 6.94. The summed E-state index contributed by atoms with van der Waals surface area (Å²) < 4.78 is 2.08. The molecule has 0 aliphatic rings. The quantitative estimate of drug-likeness (QED) is 0.703. The van der Waals surface area contributed by atoms with Gasteiger partial charge in [-0.2, -0.15) is 5.10 Å². The smallest absolute Gasteiger partial charge is 0.0597 e. The van der Waals surface area contributed by atoms with E-state index in [1.807, 2.05) is 0 Å². The van der Waals surface area contributed by atoms with Crippen LogP contribution in [-0.2, 0) is 13.1 Å². The van der Waals surface area contributed by atoms with Crippen LogP contribution in [0.15, 0.2) is 6.07 Å². The Hall–Kier alpha value is -0.830. The molecule has 1 atom stereocenters. The lowest BCUT2D eigenvalue weighted by molar-refractivity contribution is 0.472. The van der Waals surface area contributed by atoms with Gasteiger partial charge in [-0.1, -0.05) is 26.2 Å². The molecular weight excluding hydrogens is 210 g/mol. The third-order valence-corrected chi connectivity index (χ3v) is 3.16. The molecular formula is C14H27N3. The van der Waals surface area contributed by atoms with Gasteiger partial charge in [0.1, 0.15) is 0 Å². The van der Waals surface area contributed by atoms with Crippen molar-refractivity contribution in [2.75, 3.05) is 0 Å². The van der Waals surface area contributed by atoms with Gasteiger partial charge in [-0.25, -0.2) is 0 Å². The molecule has 0 spiro atoms. The summed E-state index contributed by atoms with van der Waals surface area (Å²) in [5, 5.41) is 8.04. The van der Waals surface area contributed by atoms with Gasteiger partial charge in [0.15, 0.2) is 0 Å². The Morgan fingerprint density at radius 2 is 2.12 bits per heavy atom. The van der Waals surface area contributed by atoms with Crippen LogP contribution >= 0.6 is 0 Å². The summed E-state index contributed by atoms with van der Waals surface area (Å²) in [5.74, 6) is 0. The molecule has 0 fully saturated rings. The Morgan fingerprint density at radius 3 is 2.76 bits per heavy atom. The summed E-state index contributed by atoms with van der Waals surface area (Å²) in [4.78, 5) is 0. The van der Waals surface area contributed by atoms with Crippen molar-refractivity contribution in [3.8, 4) is 0 Å². The SMILES string of the molecule is CCCCCC(C)NCc1cc(C)nn1CC. The molecule has 0 aliphatic carbocycles. The van der Waals surface area contributed by atoms with Crippen LogP contribution in [0.4, 0.5) is 0 Å². The monoisotopic (exact) mass is 237 g/mol. The fraction of sp³-hybridized carbons (Fsp3) is 0.786. The molecule has 0 amide bonds. The predicted octanol–water partition coefficient (Wildman–Crippen LogP) is 3.27. The number of unbranched alkanes of at least 4 members (excludes halogenated alkanes) is 2. The van der Waals surface area contributed by atoms with E-state index in [1.165, 1.54) is 31.4 Å². The Bertz CT molecular complexity index is 317. The van der Waals surface area contributed by atoms with E-state index in [4.69, 9.17) is 0 Å². The molecule has 1 unspecified atom stereocenters. The van der Waals surface area contributed by atoms with E-state index in [0.29, 0.717) is 6.04 Å². The summed E-state index contributed by atoms with van der Waals surface area (Å²) in [6.45, 7) is 10.6. The van der Waals surface area contributed by atoms with Gasteiger partial charge < -0.3 is 5.32 Å². The molecule has 98 valence electrons. The van der Waals surface area contributed by atoms with Gasteiger partial charge in [0.25, 0.3) is 0 Å². The summed E-state index contributed by atoms with van der Waals surface area (Å²) >= 11 is 0. The van der Waals surface area contributed by atoms with Crippen molar-refractivity contribution in [2.24, 2.45) is 0 Å². The fourth-order valence-corrected chi connectivity index (χ4v) is 2.10. The zero-order valence-corrected chi connectivity index (χ0v) is 11.8. The van der Waals surface area contributed by atoms with Gasteiger partial charge in [0.05, 0.1) is 11.4 Å². The third-order valence-electron chi connectivity index (χ3n) is 3.16. The maximum Gasteiger partial charge on any atom is 0.0597 e. The highest BCUT2D eigenvalue weighted by Gasteiger charge is 2.06. The number of nitrogens with one attached hydrogen (secondary N) is 1. The summed E-state index contributed by atoms with van der Waals surface area (Å²) in [7, 11) is 0. The third kappa shape index (κ3) is 4.90. The Kier molecular flexibility index (Phi) is 6.27. The van der Waals surface area contributed by atoms with Crippen LogP contribution in [0, 0.1) is 6.92 Å². The molecule has 0 saturated heterocycles. The molecule has 0 aromatic carbocycles. The van der Waals surface area contributed by atoms with Crippen LogP contribution < -0.4 is 5.32 Å². The molecule has 0 aliphatic heterocycles. The van der Waals surface area contributed by atoms with Crippen LogP contribution in [-0.4, -0.2) is 15.8 Å². The van der Waals surface area contributed by atoms with E-state index < -0.39 is 0 Å². The molecule has 3 heteroatoms. The average molecular weight is 237 g/mol. The van der Waals surface area contributed by atoms with E-state index in [2.05, 4.69) is 48.9 Å². The number of aryl methyl sites for hydroxylation is 2. The highest BCUT2D eigenvalue weighted by Crippen LogP contribution is 2.06. The summed E-state index contributed by atoms with van der Waals surface area (Å²) in [6.07, 6.45) is 5.25. The zero-order chi connectivity index (χ0) is 12.7. The summed E-state index contributed by atoms with van der Waals surface area (Å²) in [5.41, 5.74) is 2.41. The number of hydrogen-bond donors (Lipinski definition) is 1. The standard InChI is InChI=1S/C14H27N3/c1-5-7-8-9-12(3)15-11-14-10-13(4)16-17(14)6-2/h10,12,15H,5-9,11H2,1-4H3. The van der Waals surface area contributed by atoms with Crippen molar-refractivity contribution >= 4 is 0 Å². The number of hydrogen-bond acceptors (Lipinski definition) is 2. The maximum absolute atomic E-state index is 4.46. The molecule has 0 saturated carbocycles. The lowest BCUT2D eigenvalue weighted by Gasteiger charge is -2.13. The second kappa shape index (κ2) is 7.49. The molecule has 17 heavy (non-hydrogen) atoms. The Labute approximate surface area is 106 Å². The first kappa shape index (κ1) is 14.2. The van der Waals surface area contributed by atoms with E-state index in [0.717, 1.165) is 18.8 Å². The van der Waals surface area contributed by atoms with E-state index in [-0.39, 0.29) is 0 Å². The van der Waals surface area contributed by atoms with Crippen molar-refractivity contribution in [1.29, 1.82) is 0 Å². The van der Waals surface area contributed by atoms with E-state index >= 15 is 0 Å². The van der Waals surface area contributed by atoms with Crippen LogP contribution in [0.1, 0.15) is 57.8 Å². The first-order chi connectivity index (χ1) is 8.17. The second-order valence-corrected chi connectivity index (χ2v) is 4.87. The molecule has 1 heterocycles. The van der Waals surface area contributed by atoms with Crippen molar-refractivity contribution < 1.29 is 0 Å². The van der Waals surface area contributed by atoms with Gasteiger partial charge in [-0.05, 0) is 33.3 Å².